The maximum Gasteiger partial charge on any atom is 0.409 e. The average molecular weight is 230 g/mol. The molecule has 0 spiro atoms. The van der Waals surface area contributed by atoms with Crippen molar-refractivity contribution in [1.82, 2.24) is 0 Å². The summed E-state index contributed by atoms with van der Waals surface area (Å²) in [5.41, 5.74) is 0. The lowest BCUT2D eigenvalue weighted by atomic mass is 10.9. The van der Waals surface area contributed by atoms with Crippen molar-refractivity contribution >= 4 is 15.0 Å². The third-order valence-electron chi connectivity index (χ3n) is 1.09. The summed E-state index contributed by atoms with van der Waals surface area (Å²) in [4.78, 5) is 0. The van der Waals surface area contributed by atoms with E-state index in [9.17, 15) is 9.13 Å². The zero-order valence-electron chi connectivity index (χ0n) is 8.11. The van der Waals surface area contributed by atoms with Gasteiger partial charge in [0, 0.05) is 0 Å². The highest BCUT2D eigenvalue weighted by Crippen LogP contribution is 2.70. The summed E-state index contributed by atoms with van der Waals surface area (Å²) in [5, 5.41) is 0. The minimum absolute atomic E-state index is 0.195. The highest BCUT2D eigenvalue weighted by Gasteiger charge is 2.32. The molecule has 0 saturated heterocycles. The maximum absolute atomic E-state index is 11.7. The van der Waals surface area contributed by atoms with E-state index in [0.29, 0.717) is 0 Å². The van der Waals surface area contributed by atoms with E-state index >= 15 is 0 Å². The summed E-state index contributed by atoms with van der Waals surface area (Å²) in [6.07, 6.45) is 0. The van der Waals surface area contributed by atoms with Crippen LogP contribution in [0, 0.1) is 0 Å². The van der Waals surface area contributed by atoms with E-state index in [0.717, 1.165) is 0 Å². The Morgan fingerprint density at radius 1 is 1.08 bits per heavy atom. The summed E-state index contributed by atoms with van der Waals surface area (Å²) >= 11 is 0. The molecule has 0 radical (unpaired) electrons. The van der Waals surface area contributed by atoms with Crippen LogP contribution < -0.4 is 0 Å². The lowest BCUT2D eigenvalue weighted by Crippen LogP contribution is -1.93. The number of rotatable bonds is 7. The van der Waals surface area contributed by atoms with Crippen molar-refractivity contribution in [2.45, 2.75) is 20.8 Å². The Labute approximate surface area is 79.1 Å². The molecule has 1 atom stereocenters. The van der Waals surface area contributed by atoms with E-state index in [1.807, 2.05) is 0 Å². The predicted octanol–water partition coefficient (Wildman–Crippen LogP) is 2.68. The Hall–Kier alpha value is 0.340. The van der Waals surface area contributed by atoms with Gasteiger partial charge in [0.25, 0.3) is 0 Å². The van der Waals surface area contributed by atoms with Gasteiger partial charge in [-0.1, -0.05) is 0 Å². The molecule has 0 aromatic heterocycles. The van der Waals surface area contributed by atoms with Gasteiger partial charge in [0.1, 0.15) is 0 Å². The molecule has 0 N–H and O–H groups in total. The van der Waals surface area contributed by atoms with Crippen molar-refractivity contribution in [3.8, 4) is 0 Å². The lowest BCUT2D eigenvalue weighted by molar-refractivity contribution is 0.227. The second-order valence-electron chi connectivity index (χ2n) is 2.03. The molecule has 0 aromatic carbocycles. The van der Waals surface area contributed by atoms with E-state index in [2.05, 4.69) is 0 Å². The SMILES string of the molecule is CCO[PH](=O)P(=O)(OCC)OCC. The van der Waals surface area contributed by atoms with Gasteiger partial charge < -0.3 is 13.6 Å². The Bertz CT molecular complexity index is 195. The van der Waals surface area contributed by atoms with Crippen LogP contribution in [0.1, 0.15) is 20.8 Å². The topological polar surface area (TPSA) is 61.8 Å². The zero-order chi connectivity index (χ0) is 10.3. The van der Waals surface area contributed by atoms with Crippen molar-refractivity contribution in [3.63, 3.8) is 0 Å². The molecule has 0 amide bonds. The van der Waals surface area contributed by atoms with Gasteiger partial charge in [-0.05, 0) is 20.8 Å². The molecule has 5 nitrogen and oxygen atoms in total. The van der Waals surface area contributed by atoms with Crippen molar-refractivity contribution in [1.29, 1.82) is 0 Å². The molecule has 0 saturated carbocycles. The van der Waals surface area contributed by atoms with Gasteiger partial charge in [-0.2, -0.15) is 0 Å². The Morgan fingerprint density at radius 2 is 1.54 bits per heavy atom. The molecular weight excluding hydrogens is 214 g/mol. The number of hydrogen-bond acceptors (Lipinski definition) is 5. The van der Waals surface area contributed by atoms with Crippen molar-refractivity contribution in [2.24, 2.45) is 0 Å². The second-order valence-corrected chi connectivity index (χ2v) is 7.10. The predicted molar refractivity (Wildman–Crippen MR) is 51.5 cm³/mol. The van der Waals surface area contributed by atoms with Gasteiger partial charge in [0.05, 0.1) is 19.8 Å². The Morgan fingerprint density at radius 3 is 1.85 bits per heavy atom. The molecule has 0 aliphatic heterocycles. The van der Waals surface area contributed by atoms with Crippen LogP contribution in [-0.2, 0) is 22.7 Å². The summed E-state index contributed by atoms with van der Waals surface area (Å²) in [5.74, 6) is 0. The first kappa shape index (κ1) is 13.3. The van der Waals surface area contributed by atoms with Crippen LogP contribution in [0.15, 0.2) is 0 Å². The van der Waals surface area contributed by atoms with Crippen LogP contribution in [0.2, 0.25) is 0 Å². The average Bonchev–Trinajstić information content (AvgIpc) is 2.05. The fourth-order valence-corrected chi connectivity index (χ4v) is 4.32. The van der Waals surface area contributed by atoms with E-state index in [-0.39, 0.29) is 19.8 Å². The molecule has 0 aromatic rings. The molecule has 0 fully saturated rings. The van der Waals surface area contributed by atoms with Gasteiger partial charge in [0.15, 0.2) is 0 Å². The fraction of sp³-hybridized carbons (Fsp3) is 1.00. The minimum atomic E-state index is -3.50. The molecule has 0 rings (SSSR count). The summed E-state index contributed by atoms with van der Waals surface area (Å²) < 4.78 is 37.4. The van der Waals surface area contributed by atoms with Crippen LogP contribution in [0.5, 0.6) is 0 Å². The van der Waals surface area contributed by atoms with Gasteiger partial charge >= 0.3 is 15.0 Å². The molecule has 0 bridgehead atoms. The Kier molecular flexibility index (Phi) is 6.92. The molecule has 0 aliphatic rings. The van der Waals surface area contributed by atoms with Crippen LogP contribution in [-0.4, -0.2) is 19.8 Å². The highest BCUT2D eigenvalue weighted by atomic mass is 32.1. The Balaban J connectivity index is 4.38. The second kappa shape index (κ2) is 6.74. The van der Waals surface area contributed by atoms with Crippen LogP contribution in [0.4, 0.5) is 0 Å². The van der Waals surface area contributed by atoms with Gasteiger partial charge in [0.2, 0.25) is 0 Å². The molecule has 13 heavy (non-hydrogen) atoms. The van der Waals surface area contributed by atoms with Gasteiger partial charge in [-0.25, -0.2) is 4.57 Å². The molecule has 0 heterocycles. The largest absolute Gasteiger partial charge is 0.409 e. The summed E-state index contributed by atoms with van der Waals surface area (Å²) in [7, 11) is -6.24. The minimum Gasteiger partial charge on any atom is -0.323 e. The quantitative estimate of drug-likeness (QED) is 0.629. The van der Waals surface area contributed by atoms with Gasteiger partial charge in [-0.3, -0.25) is 4.57 Å². The molecule has 0 aliphatic carbocycles. The van der Waals surface area contributed by atoms with E-state index < -0.39 is 15.0 Å². The van der Waals surface area contributed by atoms with Crippen LogP contribution in [0.3, 0.4) is 0 Å². The molecule has 7 heteroatoms. The smallest absolute Gasteiger partial charge is 0.323 e. The molecule has 1 unspecified atom stereocenters. The summed E-state index contributed by atoms with van der Waals surface area (Å²) in [6.45, 7) is 5.62. The standard InChI is InChI=1S/C6H16O5P2/c1-4-9-12(7)13(8,10-5-2)11-6-3/h12H,4-6H2,1-3H3. The molecule has 80 valence electrons. The molecular formula is C6H16O5P2. The van der Waals surface area contributed by atoms with E-state index in [4.69, 9.17) is 13.6 Å². The zero-order valence-corrected chi connectivity index (χ0v) is 10.0. The monoisotopic (exact) mass is 230 g/mol. The normalized spacial score (nSPS) is 14.4. The fourth-order valence-electron chi connectivity index (χ4n) is 0.685. The van der Waals surface area contributed by atoms with E-state index in [1.54, 1.807) is 20.8 Å². The van der Waals surface area contributed by atoms with Crippen LogP contribution in [0.25, 0.3) is 0 Å². The van der Waals surface area contributed by atoms with Crippen molar-refractivity contribution < 1.29 is 22.7 Å². The van der Waals surface area contributed by atoms with E-state index in [1.165, 1.54) is 0 Å². The first-order valence-electron chi connectivity index (χ1n) is 4.17. The van der Waals surface area contributed by atoms with Crippen molar-refractivity contribution in [2.75, 3.05) is 19.8 Å². The number of hydrogen-bond donors (Lipinski definition) is 0. The first-order valence-corrected chi connectivity index (χ1v) is 7.87. The third-order valence-corrected chi connectivity index (χ3v) is 5.77. The lowest BCUT2D eigenvalue weighted by Gasteiger charge is -2.15. The van der Waals surface area contributed by atoms with Crippen molar-refractivity contribution in [3.05, 3.63) is 0 Å². The highest BCUT2D eigenvalue weighted by molar-refractivity contribution is 8.21. The van der Waals surface area contributed by atoms with Gasteiger partial charge in [-0.15, -0.1) is 0 Å². The summed E-state index contributed by atoms with van der Waals surface area (Å²) in [6, 6.07) is 0. The first-order chi connectivity index (χ1) is 6.10. The van der Waals surface area contributed by atoms with Crippen LogP contribution >= 0.6 is 15.0 Å². The third kappa shape index (κ3) is 4.39. The maximum atomic E-state index is 11.7.